The number of carbonyl (C=O) groups excluding carboxylic acids is 2. The van der Waals surface area contributed by atoms with Crippen molar-refractivity contribution in [3.63, 3.8) is 0 Å². The van der Waals surface area contributed by atoms with E-state index in [1.165, 1.54) is 4.90 Å². The minimum absolute atomic E-state index is 0.0197. The van der Waals surface area contributed by atoms with E-state index in [0.717, 1.165) is 6.42 Å². The molecule has 0 bridgehead atoms. The number of unbranched alkanes of at least 4 members (excludes halogenated alkanes) is 1. The fraction of sp³-hybridized carbons (Fsp3) is 0.600. The van der Waals surface area contributed by atoms with Crippen molar-refractivity contribution < 1.29 is 33.6 Å². The maximum Gasteiger partial charge on any atom is 0.261 e. The first-order chi connectivity index (χ1) is 13.8. The standard InChI is InChI=1S/C20H29NO7/c22-8-10-26-12-14-28-16-15-27-13-11-25-9-4-3-7-21-19(23)17-5-1-2-6-18(17)20(21)24/h1-2,5-6,22H,3-4,7-16H2. The Morgan fingerprint density at radius 3 is 1.64 bits per heavy atom. The second-order valence-corrected chi connectivity index (χ2v) is 6.19. The van der Waals surface area contributed by atoms with Crippen molar-refractivity contribution >= 4 is 11.8 Å². The zero-order chi connectivity index (χ0) is 20.0. The second-order valence-electron chi connectivity index (χ2n) is 6.19. The topological polar surface area (TPSA) is 94.5 Å². The van der Waals surface area contributed by atoms with Crippen LogP contribution in [0.4, 0.5) is 0 Å². The van der Waals surface area contributed by atoms with Gasteiger partial charge in [-0.25, -0.2) is 0 Å². The van der Waals surface area contributed by atoms with Crippen LogP contribution >= 0.6 is 0 Å². The molecule has 0 aliphatic carbocycles. The average molecular weight is 395 g/mol. The van der Waals surface area contributed by atoms with Gasteiger partial charge >= 0.3 is 0 Å². The van der Waals surface area contributed by atoms with Crippen LogP contribution in [-0.4, -0.2) is 87.8 Å². The van der Waals surface area contributed by atoms with E-state index >= 15 is 0 Å². The molecule has 2 amide bonds. The Morgan fingerprint density at radius 1 is 0.679 bits per heavy atom. The highest BCUT2D eigenvalue weighted by atomic mass is 16.6. The first kappa shape index (κ1) is 22.4. The molecule has 0 spiro atoms. The van der Waals surface area contributed by atoms with E-state index < -0.39 is 0 Å². The van der Waals surface area contributed by atoms with Crippen LogP contribution in [0.15, 0.2) is 24.3 Å². The zero-order valence-corrected chi connectivity index (χ0v) is 16.1. The van der Waals surface area contributed by atoms with Crippen LogP contribution in [0.3, 0.4) is 0 Å². The van der Waals surface area contributed by atoms with Crippen molar-refractivity contribution in [2.24, 2.45) is 0 Å². The Bertz CT molecular complexity index is 573. The summed E-state index contributed by atoms with van der Waals surface area (Å²) in [6.07, 6.45) is 1.48. The Kier molecular flexibility index (Phi) is 10.7. The Hall–Kier alpha value is -1.84. The van der Waals surface area contributed by atoms with Gasteiger partial charge in [-0.05, 0) is 25.0 Å². The minimum Gasteiger partial charge on any atom is -0.394 e. The number of ether oxygens (including phenoxy) is 4. The van der Waals surface area contributed by atoms with E-state index in [4.69, 9.17) is 24.1 Å². The molecule has 0 unspecified atom stereocenters. The molecule has 0 aromatic heterocycles. The van der Waals surface area contributed by atoms with Gasteiger partial charge in [0.1, 0.15) is 0 Å². The maximum absolute atomic E-state index is 12.2. The summed E-state index contributed by atoms with van der Waals surface area (Å²) in [5.41, 5.74) is 0.977. The third-order valence-corrected chi connectivity index (χ3v) is 4.15. The van der Waals surface area contributed by atoms with E-state index in [2.05, 4.69) is 0 Å². The van der Waals surface area contributed by atoms with Gasteiger partial charge in [-0.1, -0.05) is 12.1 Å². The summed E-state index contributed by atoms with van der Waals surface area (Å²) in [7, 11) is 0. The zero-order valence-electron chi connectivity index (χ0n) is 16.1. The van der Waals surface area contributed by atoms with Gasteiger partial charge in [0.05, 0.1) is 64.0 Å². The molecule has 0 saturated carbocycles. The summed E-state index contributed by atoms with van der Waals surface area (Å²) in [5.74, 6) is -0.422. The third kappa shape index (κ3) is 7.29. The summed E-state index contributed by atoms with van der Waals surface area (Å²) in [4.78, 5) is 25.7. The molecule has 8 nitrogen and oxygen atoms in total. The van der Waals surface area contributed by atoms with Crippen LogP contribution in [0, 0.1) is 0 Å². The van der Waals surface area contributed by atoms with Crippen LogP contribution < -0.4 is 0 Å². The second kappa shape index (κ2) is 13.4. The lowest BCUT2D eigenvalue weighted by atomic mass is 10.1. The number of imide groups is 1. The van der Waals surface area contributed by atoms with Crippen molar-refractivity contribution in [1.82, 2.24) is 4.90 Å². The molecule has 1 aromatic carbocycles. The van der Waals surface area contributed by atoms with Crippen molar-refractivity contribution in [1.29, 1.82) is 0 Å². The summed E-state index contributed by atoms with van der Waals surface area (Å²) >= 11 is 0. The number of carbonyl (C=O) groups is 2. The number of aliphatic hydroxyl groups excluding tert-OH is 1. The molecule has 8 heteroatoms. The Balaban J connectivity index is 1.40. The predicted octanol–water partition coefficient (Wildman–Crippen LogP) is 1.12. The van der Waals surface area contributed by atoms with Gasteiger partial charge < -0.3 is 24.1 Å². The number of fused-ring (bicyclic) bond motifs is 1. The SMILES string of the molecule is O=C1c2ccccc2C(=O)N1CCCCOCCOCCOCCOCCO. The molecule has 1 aliphatic heterocycles. The monoisotopic (exact) mass is 395 g/mol. The van der Waals surface area contributed by atoms with Gasteiger partial charge in [0.25, 0.3) is 11.8 Å². The van der Waals surface area contributed by atoms with Crippen molar-refractivity contribution in [3.8, 4) is 0 Å². The number of amides is 2. The fourth-order valence-electron chi connectivity index (χ4n) is 2.74. The number of rotatable bonds is 16. The quantitative estimate of drug-likeness (QED) is 0.331. The van der Waals surface area contributed by atoms with Crippen molar-refractivity contribution in [3.05, 3.63) is 35.4 Å². The minimum atomic E-state index is -0.211. The van der Waals surface area contributed by atoms with Gasteiger partial charge in [-0.2, -0.15) is 0 Å². The molecule has 0 fully saturated rings. The van der Waals surface area contributed by atoms with Crippen LogP contribution in [0.25, 0.3) is 0 Å². The lowest BCUT2D eigenvalue weighted by Gasteiger charge is -2.13. The summed E-state index contributed by atoms with van der Waals surface area (Å²) in [5, 5.41) is 8.54. The number of nitrogens with zero attached hydrogens (tertiary/aromatic N) is 1. The van der Waals surface area contributed by atoms with Gasteiger partial charge in [0.2, 0.25) is 0 Å². The van der Waals surface area contributed by atoms with E-state index in [1.54, 1.807) is 24.3 Å². The van der Waals surface area contributed by atoms with Gasteiger partial charge in [0, 0.05) is 13.2 Å². The molecule has 1 aliphatic rings. The normalized spacial score (nSPS) is 13.4. The van der Waals surface area contributed by atoms with Crippen molar-refractivity contribution in [2.45, 2.75) is 12.8 Å². The summed E-state index contributed by atoms with van der Waals surface area (Å²) in [6, 6.07) is 6.91. The van der Waals surface area contributed by atoms with Crippen LogP contribution in [0.1, 0.15) is 33.6 Å². The predicted molar refractivity (Wildman–Crippen MR) is 101 cm³/mol. The lowest BCUT2D eigenvalue weighted by Crippen LogP contribution is -2.30. The molecule has 156 valence electrons. The molecule has 0 atom stereocenters. The van der Waals surface area contributed by atoms with E-state index in [0.29, 0.717) is 76.9 Å². The smallest absolute Gasteiger partial charge is 0.261 e. The molecular formula is C20H29NO7. The van der Waals surface area contributed by atoms with Gasteiger partial charge in [-0.3, -0.25) is 14.5 Å². The highest BCUT2D eigenvalue weighted by Gasteiger charge is 2.34. The molecular weight excluding hydrogens is 366 g/mol. The van der Waals surface area contributed by atoms with E-state index in [9.17, 15) is 9.59 Å². The first-order valence-electron chi connectivity index (χ1n) is 9.62. The van der Waals surface area contributed by atoms with Crippen LogP contribution in [-0.2, 0) is 18.9 Å². The van der Waals surface area contributed by atoms with Crippen LogP contribution in [0.5, 0.6) is 0 Å². The fourth-order valence-corrected chi connectivity index (χ4v) is 2.74. The van der Waals surface area contributed by atoms with Crippen molar-refractivity contribution in [2.75, 3.05) is 66.0 Å². The van der Waals surface area contributed by atoms with Gasteiger partial charge in [-0.15, -0.1) is 0 Å². The molecule has 1 N–H and O–H groups in total. The number of hydrogen-bond donors (Lipinski definition) is 1. The summed E-state index contributed by atoms with van der Waals surface area (Å²) < 4.78 is 21.2. The Labute approximate surface area is 165 Å². The summed E-state index contributed by atoms with van der Waals surface area (Å²) in [6.45, 7) is 4.22. The molecule has 1 heterocycles. The largest absolute Gasteiger partial charge is 0.394 e. The molecule has 2 rings (SSSR count). The highest BCUT2D eigenvalue weighted by Crippen LogP contribution is 2.22. The average Bonchev–Trinajstić information content (AvgIpc) is 2.96. The third-order valence-electron chi connectivity index (χ3n) is 4.15. The number of hydrogen-bond acceptors (Lipinski definition) is 7. The lowest BCUT2D eigenvalue weighted by molar-refractivity contribution is -0.00582. The number of aliphatic hydroxyl groups is 1. The van der Waals surface area contributed by atoms with Crippen LogP contribution in [0.2, 0.25) is 0 Å². The molecule has 0 radical (unpaired) electrons. The van der Waals surface area contributed by atoms with Gasteiger partial charge in [0.15, 0.2) is 0 Å². The van der Waals surface area contributed by atoms with E-state index in [-0.39, 0.29) is 18.4 Å². The van der Waals surface area contributed by atoms with E-state index in [1.807, 2.05) is 0 Å². The Morgan fingerprint density at radius 2 is 1.14 bits per heavy atom. The highest BCUT2D eigenvalue weighted by molar-refractivity contribution is 6.21. The molecule has 1 aromatic rings. The number of benzene rings is 1. The molecule has 0 saturated heterocycles. The maximum atomic E-state index is 12.2. The molecule has 28 heavy (non-hydrogen) atoms. The first-order valence-corrected chi connectivity index (χ1v) is 9.62.